The minimum Gasteiger partial charge on any atom is -0.454 e. The molecule has 4 rings (SSSR count). The molecule has 10 nitrogen and oxygen atoms in total. The number of nitrogens with one attached hydrogen (secondary N) is 4. The number of carbonyl (C=O) groups is 2. The van der Waals surface area contributed by atoms with Crippen LogP contribution >= 0.6 is 0 Å². The van der Waals surface area contributed by atoms with Gasteiger partial charge in [0.15, 0.2) is 11.5 Å². The van der Waals surface area contributed by atoms with Crippen LogP contribution in [-0.4, -0.2) is 42.5 Å². The molecule has 1 aromatic heterocycles. The van der Waals surface area contributed by atoms with E-state index in [9.17, 15) is 9.59 Å². The Labute approximate surface area is 208 Å². The average Bonchev–Trinajstić information content (AvgIpc) is 3.37. The minimum absolute atomic E-state index is 0.00886. The molecule has 0 bridgehead atoms. The van der Waals surface area contributed by atoms with Gasteiger partial charge in [-0.1, -0.05) is 36.4 Å². The maximum Gasteiger partial charge on any atom is 0.242 e. The van der Waals surface area contributed by atoms with Crippen LogP contribution in [0.2, 0.25) is 0 Å². The van der Waals surface area contributed by atoms with Gasteiger partial charge in [0.1, 0.15) is 11.9 Å². The van der Waals surface area contributed by atoms with Gasteiger partial charge in [-0.25, -0.2) is 0 Å². The standard InChI is InChI=1S/C26H28N6O4/c27-25(28)18-6-4-17(5-7-18)14-31-24(19-8-9-21-22(13-19)36-16-35-21)26(34)32-15-23(33)30-12-10-20-3-1-2-11-29-20/h1-9,11,13,24,31H,10,12,14-16H2,(H3,27,28)(H,30,33)(H,32,34). The van der Waals surface area contributed by atoms with Crippen molar-refractivity contribution in [3.05, 3.63) is 89.2 Å². The number of ether oxygens (including phenoxy) is 2. The molecule has 2 amide bonds. The van der Waals surface area contributed by atoms with Crippen LogP contribution in [-0.2, 0) is 22.6 Å². The first-order valence-electron chi connectivity index (χ1n) is 11.5. The Balaban J connectivity index is 1.37. The average molecular weight is 489 g/mol. The lowest BCUT2D eigenvalue weighted by Gasteiger charge is -2.19. The second-order valence-electron chi connectivity index (χ2n) is 8.18. The summed E-state index contributed by atoms with van der Waals surface area (Å²) >= 11 is 0. The monoisotopic (exact) mass is 488 g/mol. The number of pyridine rings is 1. The molecule has 2 aromatic carbocycles. The Hall–Kier alpha value is -4.44. The summed E-state index contributed by atoms with van der Waals surface area (Å²) in [6.45, 7) is 0.772. The molecule has 1 aliphatic heterocycles. The Kier molecular flexibility index (Phi) is 8.09. The maximum absolute atomic E-state index is 13.1. The molecule has 3 aromatic rings. The molecular formula is C26H28N6O4. The number of benzene rings is 2. The van der Waals surface area contributed by atoms with Crippen molar-refractivity contribution in [1.29, 1.82) is 5.41 Å². The number of aromatic nitrogens is 1. The van der Waals surface area contributed by atoms with Crippen molar-refractivity contribution < 1.29 is 19.1 Å². The van der Waals surface area contributed by atoms with Crippen LogP contribution in [0.5, 0.6) is 11.5 Å². The third-order valence-electron chi connectivity index (χ3n) is 5.62. The summed E-state index contributed by atoms with van der Waals surface area (Å²) in [7, 11) is 0. The second kappa shape index (κ2) is 11.8. The van der Waals surface area contributed by atoms with E-state index in [1.807, 2.05) is 30.3 Å². The fraction of sp³-hybridized carbons (Fsp3) is 0.231. The van der Waals surface area contributed by atoms with Gasteiger partial charge in [0, 0.05) is 37.0 Å². The molecule has 0 radical (unpaired) electrons. The van der Waals surface area contributed by atoms with E-state index in [1.54, 1.807) is 36.5 Å². The van der Waals surface area contributed by atoms with Crippen LogP contribution in [0.1, 0.15) is 28.4 Å². The third-order valence-corrected chi connectivity index (χ3v) is 5.62. The summed E-state index contributed by atoms with van der Waals surface area (Å²) in [6, 6.07) is 17.4. The molecular weight excluding hydrogens is 460 g/mol. The van der Waals surface area contributed by atoms with Gasteiger partial charge in [-0.3, -0.25) is 25.3 Å². The number of fused-ring (bicyclic) bond motifs is 1. The van der Waals surface area contributed by atoms with E-state index < -0.39 is 6.04 Å². The predicted molar refractivity (Wildman–Crippen MR) is 134 cm³/mol. The molecule has 0 aliphatic carbocycles. The number of amidine groups is 1. The van der Waals surface area contributed by atoms with Crippen molar-refractivity contribution >= 4 is 17.6 Å². The van der Waals surface area contributed by atoms with E-state index >= 15 is 0 Å². The van der Waals surface area contributed by atoms with Gasteiger partial charge in [0.25, 0.3) is 0 Å². The fourth-order valence-electron chi connectivity index (χ4n) is 3.68. The SMILES string of the molecule is N=C(N)c1ccc(CNC(C(=O)NCC(=O)NCCc2ccccn2)c2ccc3c(c2)OCO3)cc1. The number of rotatable bonds is 11. The molecule has 2 heterocycles. The molecule has 36 heavy (non-hydrogen) atoms. The number of amides is 2. The summed E-state index contributed by atoms with van der Waals surface area (Å²) in [4.78, 5) is 29.6. The number of nitrogens with zero attached hydrogens (tertiary/aromatic N) is 1. The van der Waals surface area contributed by atoms with Crippen LogP contribution in [0.25, 0.3) is 0 Å². The highest BCUT2D eigenvalue weighted by atomic mass is 16.7. The maximum atomic E-state index is 13.1. The normalized spacial score (nSPS) is 12.6. The summed E-state index contributed by atoms with van der Waals surface area (Å²) < 4.78 is 10.8. The van der Waals surface area contributed by atoms with Crippen molar-refractivity contribution in [2.24, 2.45) is 5.73 Å². The third kappa shape index (κ3) is 6.57. The van der Waals surface area contributed by atoms with Gasteiger partial charge in [0.05, 0.1) is 6.54 Å². The Morgan fingerprint density at radius 2 is 1.83 bits per heavy atom. The van der Waals surface area contributed by atoms with Crippen molar-refractivity contribution in [3.8, 4) is 11.5 Å². The predicted octanol–water partition coefficient (Wildman–Crippen LogP) is 1.40. The fourth-order valence-corrected chi connectivity index (χ4v) is 3.68. The van der Waals surface area contributed by atoms with Gasteiger partial charge in [-0.2, -0.15) is 0 Å². The Morgan fingerprint density at radius 1 is 1.03 bits per heavy atom. The van der Waals surface area contributed by atoms with E-state index in [0.29, 0.717) is 42.1 Å². The molecule has 1 unspecified atom stereocenters. The van der Waals surface area contributed by atoms with Crippen LogP contribution in [0.3, 0.4) is 0 Å². The quantitative estimate of drug-likeness (QED) is 0.202. The van der Waals surface area contributed by atoms with Crippen LogP contribution in [0.15, 0.2) is 66.9 Å². The van der Waals surface area contributed by atoms with Gasteiger partial charge < -0.3 is 25.8 Å². The zero-order valence-corrected chi connectivity index (χ0v) is 19.6. The van der Waals surface area contributed by atoms with Gasteiger partial charge in [0.2, 0.25) is 18.6 Å². The van der Waals surface area contributed by atoms with Crippen molar-refractivity contribution in [2.75, 3.05) is 19.9 Å². The lowest BCUT2D eigenvalue weighted by Crippen LogP contribution is -2.42. The highest BCUT2D eigenvalue weighted by Gasteiger charge is 2.24. The first-order valence-corrected chi connectivity index (χ1v) is 11.5. The molecule has 6 N–H and O–H groups in total. The highest BCUT2D eigenvalue weighted by Crippen LogP contribution is 2.34. The van der Waals surface area contributed by atoms with E-state index in [-0.39, 0.29) is 31.0 Å². The molecule has 0 saturated carbocycles. The van der Waals surface area contributed by atoms with Crippen LogP contribution in [0.4, 0.5) is 0 Å². The number of nitrogen functional groups attached to an aromatic ring is 1. The minimum atomic E-state index is -0.742. The molecule has 0 fully saturated rings. The van der Waals surface area contributed by atoms with E-state index in [1.165, 1.54) is 0 Å². The van der Waals surface area contributed by atoms with Crippen molar-refractivity contribution in [1.82, 2.24) is 20.9 Å². The van der Waals surface area contributed by atoms with E-state index in [4.69, 9.17) is 20.6 Å². The summed E-state index contributed by atoms with van der Waals surface area (Å²) in [6.07, 6.45) is 2.31. The Morgan fingerprint density at radius 3 is 2.58 bits per heavy atom. The molecule has 10 heteroatoms. The number of hydrogen-bond donors (Lipinski definition) is 5. The molecule has 0 spiro atoms. The first-order chi connectivity index (χ1) is 17.5. The number of hydrogen-bond acceptors (Lipinski definition) is 7. The lowest BCUT2D eigenvalue weighted by molar-refractivity contribution is -0.127. The zero-order chi connectivity index (χ0) is 25.3. The van der Waals surface area contributed by atoms with Crippen molar-refractivity contribution in [2.45, 2.75) is 19.0 Å². The summed E-state index contributed by atoms with van der Waals surface area (Å²) in [5, 5.41) is 16.3. The number of nitrogens with two attached hydrogens (primary N) is 1. The summed E-state index contributed by atoms with van der Waals surface area (Å²) in [5.41, 5.74) is 8.61. The van der Waals surface area contributed by atoms with Gasteiger partial charge in [-0.15, -0.1) is 0 Å². The molecule has 186 valence electrons. The first kappa shape index (κ1) is 24.7. The van der Waals surface area contributed by atoms with Gasteiger partial charge in [-0.05, 0) is 35.4 Å². The van der Waals surface area contributed by atoms with Gasteiger partial charge >= 0.3 is 0 Å². The second-order valence-corrected chi connectivity index (χ2v) is 8.18. The largest absolute Gasteiger partial charge is 0.454 e. The van der Waals surface area contributed by atoms with Crippen LogP contribution < -0.4 is 31.2 Å². The smallest absolute Gasteiger partial charge is 0.242 e. The van der Waals surface area contributed by atoms with E-state index in [2.05, 4.69) is 20.9 Å². The molecule has 1 aliphatic rings. The van der Waals surface area contributed by atoms with E-state index in [0.717, 1.165) is 11.3 Å². The highest BCUT2D eigenvalue weighted by molar-refractivity contribution is 5.94. The zero-order valence-electron chi connectivity index (χ0n) is 19.6. The molecule has 0 saturated heterocycles. The molecule has 1 atom stereocenters. The van der Waals surface area contributed by atoms with Crippen LogP contribution in [0, 0.1) is 5.41 Å². The lowest BCUT2D eigenvalue weighted by atomic mass is 10.0. The van der Waals surface area contributed by atoms with Crippen molar-refractivity contribution in [3.63, 3.8) is 0 Å². The number of carbonyl (C=O) groups excluding carboxylic acids is 2. The summed E-state index contributed by atoms with van der Waals surface area (Å²) in [5.74, 6) is 0.526. The topological polar surface area (TPSA) is 151 Å². The Bertz CT molecular complexity index is 1220.